The summed E-state index contributed by atoms with van der Waals surface area (Å²) in [5.41, 5.74) is 0.499. The first-order chi connectivity index (χ1) is 11.5. The summed E-state index contributed by atoms with van der Waals surface area (Å²) in [6, 6.07) is 2.78. The van der Waals surface area contributed by atoms with E-state index in [9.17, 15) is 13.6 Å². The van der Waals surface area contributed by atoms with Crippen molar-refractivity contribution in [2.24, 2.45) is 0 Å². The Bertz CT molecular complexity index is 746. The Morgan fingerprint density at radius 1 is 1.33 bits per heavy atom. The summed E-state index contributed by atoms with van der Waals surface area (Å²) in [5.74, 6) is 0.0383. The molecular formula is C16H19F2N5O. The van der Waals surface area contributed by atoms with Gasteiger partial charge in [0, 0.05) is 25.9 Å². The van der Waals surface area contributed by atoms with Crippen LogP contribution in [0.1, 0.15) is 36.6 Å². The molecule has 2 N–H and O–H groups in total. The Balaban J connectivity index is 1.47. The van der Waals surface area contributed by atoms with Crippen LogP contribution in [0.2, 0.25) is 0 Å². The topological polar surface area (TPSA) is 71.8 Å². The number of nitrogens with zero attached hydrogens (tertiary/aromatic N) is 3. The molecular weight excluding hydrogens is 316 g/mol. The lowest BCUT2D eigenvalue weighted by molar-refractivity contribution is 0.238. The van der Waals surface area contributed by atoms with Crippen LogP contribution in [0.15, 0.2) is 18.2 Å². The standard InChI is InChI=1S/C16H19F2N5O/c1-10(11-4-5-12(17)13(18)9-11)20-16(24)19-7-6-15-22-21-14-3-2-8-23(14)15/h4-5,9-10H,2-3,6-8H2,1H3,(H2,19,20,24)/t10-/m1/s1. The van der Waals surface area contributed by atoms with E-state index in [0.717, 1.165) is 43.2 Å². The minimum absolute atomic E-state index is 0.367. The summed E-state index contributed by atoms with van der Waals surface area (Å²) in [4.78, 5) is 11.9. The number of amides is 2. The monoisotopic (exact) mass is 335 g/mol. The summed E-state index contributed by atoms with van der Waals surface area (Å²) < 4.78 is 28.2. The number of carbonyl (C=O) groups is 1. The summed E-state index contributed by atoms with van der Waals surface area (Å²) in [6.07, 6.45) is 2.63. The SMILES string of the molecule is C[C@@H](NC(=O)NCCc1nnc2n1CCC2)c1ccc(F)c(F)c1. The zero-order valence-electron chi connectivity index (χ0n) is 13.4. The molecule has 1 aromatic heterocycles. The lowest BCUT2D eigenvalue weighted by Gasteiger charge is -2.15. The molecule has 1 atom stereocenters. The Morgan fingerprint density at radius 3 is 2.96 bits per heavy atom. The van der Waals surface area contributed by atoms with Gasteiger partial charge in [0.05, 0.1) is 6.04 Å². The minimum Gasteiger partial charge on any atom is -0.338 e. The van der Waals surface area contributed by atoms with Gasteiger partial charge in [0.1, 0.15) is 11.6 Å². The number of hydrogen-bond donors (Lipinski definition) is 2. The van der Waals surface area contributed by atoms with Crippen LogP contribution < -0.4 is 10.6 Å². The molecule has 0 aliphatic carbocycles. The number of aryl methyl sites for hydroxylation is 1. The maximum Gasteiger partial charge on any atom is 0.315 e. The van der Waals surface area contributed by atoms with E-state index in [1.807, 2.05) is 0 Å². The van der Waals surface area contributed by atoms with Gasteiger partial charge in [-0.25, -0.2) is 13.6 Å². The van der Waals surface area contributed by atoms with Crippen LogP contribution in [-0.4, -0.2) is 27.3 Å². The van der Waals surface area contributed by atoms with Crippen molar-refractivity contribution in [1.82, 2.24) is 25.4 Å². The van der Waals surface area contributed by atoms with Crippen molar-refractivity contribution >= 4 is 6.03 Å². The van der Waals surface area contributed by atoms with Gasteiger partial charge in [-0.1, -0.05) is 6.07 Å². The maximum absolute atomic E-state index is 13.2. The third kappa shape index (κ3) is 3.52. The second-order valence-electron chi connectivity index (χ2n) is 5.83. The number of rotatable bonds is 5. The molecule has 2 heterocycles. The molecule has 2 aromatic rings. The average molecular weight is 335 g/mol. The maximum atomic E-state index is 13.2. The van der Waals surface area contributed by atoms with Crippen molar-refractivity contribution in [3.05, 3.63) is 47.0 Å². The molecule has 0 radical (unpaired) electrons. The molecule has 0 saturated heterocycles. The molecule has 6 nitrogen and oxygen atoms in total. The van der Waals surface area contributed by atoms with Crippen LogP contribution in [0, 0.1) is 11.6 Å². The normalized spacial score (nSPS) is 14.3. The fourth-order valence-corrected chi connectivity index (χ4v) is 2.80. The van der Waals surface area contributed by atoms with Gasteiger partial charge in [-0.2, -0.15) is 0 Å². The molecule has 0 fully saturated rings. The molecule has 0 unspecified atom stereocenters. The van der Waals surface area contributed by atoms with Crippen molar-refractivity contribution in [1.29, 1.82) is 0 Å². The van der Waals surface area contributed by atoms with E-state index in [-0.39, 0.29) is 6.03 Å². The quantitative estimate of drug-likeness (QED) is 0.879. The van der Waals surface area contributed by atoms with Crippen molar-refractivity contribution in [3.8, 4) is 0 Å². The number of hydrogen-bond acceptors (Lipinski definition) is 3. The molecule has 8 heteroatoms. The zero-order chi connectivity index (χ0) is 17.1. The Kier molecular flexibility index (Phi) is 4.73. The fraction of sp³-hybridized carbons (Fsp3) is 0.438. The van der Waals surface area contributed by atoms with E-state index in [0.29, 0.717) is 18.5 Å². The highest BCUT2D eigenvalue weighted by molar-refractivity contribution is 5.74. The van der Waals surface area contributed by atoms with Crippen LogP contribution in [0.3, 0.4) is 0 Å². The Morgan fingerprint density at radius 2 is 2.17 bits per heavy atom. The van der Waals surface area contributed by atoms with E-state index >= 15 is 0 Å². The first kappa shape index (κ1) is 16.4. The second-order valence-corrected chi connectivity index (χ2v) is 5.83. The smallest absolute Gasteiger partial charge is 0.315 e. The van der Waals surface area contributed by atoms with Gasteiger partial charge in [-0.15, -0.1) is 10.2 Å². The van der Waals surface area contributed by atoms with E-state index < -0.39 is 17.7 Å². The zero-order valence-corrected chi connectivity index (χ0v) is 13.4. The van der Waals surface area contributed by atoms with Crippen LogP contribution in [0.4, 0.5) is 13.6 Å². The van der Waals surface area contributed by atoms with Gasteiger partial charge >= 0.3 is 6.03 Å². The highest BCUT2D eigenvalue weighted by Gasteiger charge is 2.17. The molecule has 1 aliphatic heterocycles. The summed E-state index contributed by atoms with van der Waals surface area (Å²) in [7, 11) is 0. The first-order valence-corrected chi connectivity index (χ1v) is 7.95. The number of nitrogens with one attached hydrogen (secondary N) is 2. The molecule has 24 heavy (non-hydrogen) atoms. The van der Waals surface area contributed by atoms with Crippen molar-refractivity contribution in [3.63, 3.8) is 0 Å². The van der Waals surface area contributed by atoms with Gasteiger partial charge in [-0.3, -0.25) is 0 Å². The molecule has 0 saturated carbocycles. The summed E-state index contributed by atoms with van der Waals surface area (Å²) >= 11 is 0. The third-order valence-corrected chi connectivity index (χ3v) is 4.11. The highest BCUT2D eigenvalue weighted by Crippen LogP contribution is 2.16. The molecule has 0 spiro atoms. The fourth-order valence-electron chi connectivity index (χ4n) is 2.80. The van der Waals surface area contributed by atoms with Crippen molar-refractivity contribution in [2.75, 3.05) is 6.54 Å². The summed E-state index contributed by atoms with van der Waals surface area (Å²) in [5, 5.41) is 13.7. The Hall–Kier alpha value is -2.51. The third-order valence-electron chi connectivity index (χ3n) is 4.11. The lowest BCUT2D eigenvalue weighted by atomic mass is 10.1. The average Bonchev–Trinajstić information content (AvgIpc) is 3.14. The second kappa shape index (κ2) is 6.94. The molecule has 0 bridgehead atoms. The van der Waals surface area contributed by atoms with Crippen LogP contribution in [0.5, 0.6) is 0 Å². The van der Waals surface area contributed by atoms with E-state index in [1.54, 1.807) is 6.92 Å². The number of benzene rings is 1. The predicted molar refractivity (Wildman–Crippen MR) is 83.4 cm³/mol. The minimum atomic E-state index is -0.928. The van der Waals surface area contributed by atoms with Crippen molar-refractivity contribution < 1.29 is 13.6 Å². The Labute approximate surface area is 138 Å². The van der Waals surface area contributed by atoms with Gasteiger partial charge in [-0.05, 0) is 31.0 Å². The molecule has 1 aromatic carbocycles. The molecule has 3 rings (SSSR count). The molecule has 128 valence electrons. The number of halogens is 2. The highest BCUT2D eigenvalue weighted by atomic mass is 19.2. The van der Waals surface area contributed by atoms with Gasteiger partial charge in [0.25, 0.3) is 0 Å². The van der Waals surface area contributed by atoms with Crippen LogP contribution >= 0.6 is 0 Å². The van der Waals surface area contributed by atoms with Crippen LogP contribution in [0.25, 0.3) is 0 Å². The summed E-state index contributed by atoms with van der Waals surface area (Å²) in [6.45, 7) is 3.06. The van der Waals surface area contributed by atoms with E-state index in [1.165, 1.54) is 6.07 Å². The van der Waals surface area contributed by atoms with Gasteiger partial charge in [0.2, 0.25) is 0 Å². The number of aromatic nitrogens is 3. The largest absolute Gasteiger partial charge is 0.338 e. The lowest BCUT2D eigenvalue weighted by Crippen LogP contribution is -2.38. The molecule has 2 amide bonds. The first-order valence-electron chi connectivity index (χ1n) is 7.95. The van der Waals surface area contributed by atoms with Gasteiger partial charge < -0.3 is 15.2 Å². The van der Waals surface area contributed by atoms with E-state index in [4.69, 9.17) is 0 Å². The molecule has 1 aliphatic rings. The van der Waals surface area contributed by atoms with Gasteiger partial charge in [0.15, 0.2) is 11.6 Å². The number of urea groups is 1. The predicted octanol–water partition coefficient (Wildman–Crippen LogP) is 2.11. The van der Waals surface area contributed by atoms with Crippen LogP contribution in [-0.2, 0) is 19.4 Å². The number of fused-ring (bicyclic) bond motifs is 1. The van der Waals surface area contributed by atoms with Crippen molar-refractivity contribution in [2.45, 2.75) is 38.8 Å². The number of carbonyl (C=O) groups excluding carboxylic acids is 1. The van der Waals surface area contributed by atoms with E-state index in [2.05, 4.69) is 25.4 Å².